The first-order chi connectivity index (χ1) is 6.29. The Bertz CT molecular complexity index is 382. The van der Waals surface area contributed by atoms with Crippen LogP contribution < -0.4 is 5.73 Å². The van der Waals surface area contributed by atoms with Crippen LogP contribution in [0.2, 0.25) is 0 Å². The normalized spacial score (nSPS) is 13.1. The molecule has 2 N–H and O–H groups in total. The lowest BCUT2D eigenvalue weighted by Crippen LogP contribution is -2.10. The summed E-state index contributed by atoms with van der Waals surface area (Å²) in [4.78, 5) is 0.543. The van der Waals surface area contributed by atoms with Gasteiger partial charge in [-0.15, -0.1) is 11.3 Å². The monoisotopic (exact) mass is 197 g/mol. The zero-order chi connectivity index (χ0) is 9.26. The number of halogens is 1. The number of thiophene rings is 1. The van der Waals surface area contributed by atoms with Crippen LogP contribution >= 0.6 is 11.3 Å². The van der Waals surface area contributed by atoms with Gasteiger partial charge in [0.1, 0.15) is 5.82 Å². The van der Waals surface area contributed by atoms with Gasteiger partial charge in [-0.05, 0) is 17.5 Å². The van der Waals surface area contributed by atoms with Crippen molar-refractivity contribution in [2.75, 3.05) is 0 Å². The lowest BCUT2D eigenvalue weighted by Gasteiger charge is -2.05. The van der Waals surface area contributed by atoms with Gasteiger partial charge in [0.25, 0.3) is 0 Å². The van der Waals surface area contributed by atoms with E-state index in [1.807, 2.05) is 0 Å². The average molecular weight is 197 g/mol. The number of nitrogens with two attached hydrogens (primary N) is 1. The summed E-state index contributed by atoms with van der Waals surface area (Å²) >= 11 is 1.31. The first kappa shape index (κ1) is 8.47. The summed E-state index contributed by atoms with van der Waals surface area (Å²) in [5.41, 5.74) is 6.61. The minimum atomic E-state index is -0.418. The van der Waals surface area contributed by atoms with Gasteiger partial charge in [-0.25, -0.2) is 4.39 Å². The van der Waals surface area contributed by atoms with Crippen molar-refractivity contribution in [3.8, 4) is 0 Å². The summed E-state index contributed by atoms with van der Waals surface area (Å²) in [6.07, 6.45) is 3.06. The predicted octanol–water partition coefficient (Wildman–Crippen LogP) is 2.53. The molecule has 1 atom stereocenters. The summed E-state index contributed by atoms with van der Waals surface area (Å²) < 4.78 is 18.0. The molecule has 2 aromatic rings. The number of rotatable bonds is 2. The van der Waals surface area contributed by atoms with E-state index in [1.54, 1.807) is 11.4 Å². The highest BCUT2D eigenvalue weighted by Crippen LogP contribution is 2.26. The standard InChI is InChI=1S/C9H8FNOS/c10-7-2-4-13-9(7)8(11)6-1-3-12-5-6/h1-5,8H,11H2. The zero-order valence-electron chi connectivity index (χ0n) is 6.74. The van der Waals surface area contributed by atoms with Crippen LogP contribution in [0.1, 0.15) is 16.5 Å². The lowest BCUT2D eigenvalue weighted by molar-refractivity contribution is 0.560. The molecule has 4 heteroatoms. The quantitative estimate of drug-likeness (QED) is 0.803. The molecule has 2 aromatic heterocycles. The van der Waals surface area contributed by atoms with Gasteiger partial charge in [0, 0.05) is 5.56 Å². The lowest BCUT2D eigenvalue weighted by atomic mass is 10.1. The van der Waals surface area contributed by atoms with E-state index in [2.05, 4.69) is 0 Å². The molecule has 0 bridgehead atoms. The molecule has 0 fully saturated rings. The Kier molecular flexibility index (Phi) is 2.16. The van der Waals surface area contributed by atoms with Crippen LogP contribution in [0, 0.1) is 5.82 Å². The van der Waals surface area contributed by atoms with Gasteiger partial charge in [-0.2, -0.15) is 0 Å². The molecule has 2 rings (SSSR count). The van der Waals surface area contributed by atoms with Gasteiger partial charge >= 0.3 is 0 Å². The summed E-state index contributed by atoms with van der Waals surface area (Å²) in [6.45, 7) is 0. The van der Waals surface area contributed by atoms with E-state index in [4.69, 9.17) is 10.2 Å². The van der Waals surface area contributed by atoms with Crippen LogP contribution in [0.5, 0.6) is 0 Å². The minimum absolute atomic E-state index is 0.251. The predicted molar refractivity (Wildman–Crippen MR) is 49.0 cm³/mol. The topological polar surface area (TPSA) is 39.2 Å². The zero-order valence-corrected chi connectivity index (χ0v) is 7.55. The van der Waals surface area contributed by atoms with Crippen molar-refractivity contribution in [2.45, 2.75) is 6.04 Å². The fourth-order valence-electron chi connectivity index (χ4n) is 1.13. The van der Waals surface area contributed by atoms with Crippen molar-refractivity contribution in [1.82, 2.24) is 0 Å². The van der Waals surface area contributed by atoms with E-state index in [9.17, 15) is 4.39 Å². The molecule has 0 spiro atoms. The second-order valence-corrected chi connectivity index (χ2v) is 3.61. The third-order valence-corrected chi connectivity index (χ3v) is 2.80. The highest BCUT2D eigenvalue weighted by Gasteiger charge is 2.15. The van der Waals surface area contributed by atoms with Crippen molar-refractivity contribution in [3.05, 3.63) is 46.3 Å². The molecule has 2 nitrogen and oxygen atoms in total. The van der Waals surface area contributed by atoms with E-state index in [1.165, 1.54) is 29.9 Å². The average Bonchev–Trinajstić information content (AvgIpc) is 2.72. The van der Waals surface area contributed by atoms with E-state index >= 15 is 0 Å². The van der Waals surface area contributed by atoms with Gasteiger partial charge in [-0.3, -0.25) is 0 Å². The van der Waals surface area contributed by atoms with Crippen molar-refractivity contribution in [1.29, 1.82) is 0 Å². The molecule has 13 heavy (non-hydrogen) atoms. The SMILES string of the molecule is NC(c1ccoc1)c1sccc1F. The van der Waals surface area contributed by atoms with Gasteiger partial charge in [0.15, 0.2) is 0 Å². The first-order valence-electron chi connectivity index (χ1n) is 3.79. The number of hydrogen-bond acceptors (Lipinski definition) is 3. The number of hydrogen-bond donors (Lipinski definition) is 1. The molecule has 0 saturated heterocycles. The molecule has 0 aliphatic rings. The van der Waals surface area contributed by atoms with Crippen LogP contribution in [0.25, 0.3) is 0 Å². The molecule has 0 saturated carbocycles. The molecule has 0 aliphatic carbocycles. The molecular formula is C9H8FNOS. The van der Waals surface area contributed by atoms with Crippen LogP contribution in [-0.2, 0) is 0 Å². The molecule has 2 heterocycles. The van der Waals surface area contributed by atoms with Gasteiger partial charge in [0.05, 0.1) is 23.4 Å². The Morgan fingerprint density at radius 3 is 2.85 bits per heavy atom. The van der Waals surface area contributed by atoms with Gasteiger partial charge in [-0.1, -0.05) is 0 Å². The summed E-state index contributed by atoms with van der Waals surface area (Å²) in [7, 11) is 0. The first-order valence-corrected chi connectivity index (χ1v) is 4.67. The van der Waals surface area contributed by atoms with Crippen LogP contribution in [0.4, 0.5) is 4.39 Å². The van der Waals surface area contributed by atoms with E-state index in [0.717, 1.165) is 5.56 Å². The second kappa shape index (κ2) is 3.32. The molecule has 1 unspecified atom stereocenters. The third kappa shape index (κ3) is 1.50. The molecule has 0 radical (unpaired) electrons. The Morgan fingerprint density at radius 1 is 1.46 bits per heavy atom. The second-order valence-electron chi connectivity index (χ2n) is 2.67. The molecule has 0 aromatic carbocycles. The molecule has 0 amide bonds. The van der Waals surface area contributed by atoms with Crippen LogP contribution in [0.15, 0.2) is 34.5 Å². The highest BCUT2D eigenvalue weighted by atomic mass is 32.1. The van der Waals surface area contributed by atoms with Crippen molar-refractivity contribution < 1.29 is 8.81 Å². The van der Waals surface area contributed by atoms with Crippen molar-refractivity contribution in [2.24, 2.45) is 5.73 Å². The fraction of sp³-hybridized carbons (Fsp3) is 0.111. The van der Waals surface area contributed by atoms with Gasteiger partial charge in [0.2, 0.25) is 0 Å². The summed E-state index contributed by atoms with van der Waals surface area (Å²) in [6, 6.07) is 2.74. The molecule has 68 valence electrons. The molecular weight excluding hydrogens is 189 g/mol. The largest absolute Gasteiger partial charge is 0.472 e. The van der Waals surface area contributed by atoms with E-state index in [-0.39, 0.29) is 5.82 Å². The smallest absolute Gasteiger partial charge is 0.139 e. The van der Waals surface area contributed by atoms with Crippen molar-refractivity contribution >= 4 is 11.3 Å². The number of furan rings is 1. The van der Waals surface area contributed by atoms with Crippen LogP contribution in [-0.4, -0.2) is 0 Å². The van der Waals surface area contributed by atoms with Crippen LogP contribution in [0.3, 0.4) is 0 Å². The highest BCUT2D eigenvalue weighted by molar-refractivity contribution is 7.10. The summed E-state index contributed by atoms with van der Waals surface area (Å²) in [5, 5.41) is 1.69. The minimum Gasteiger partial charge on any atom is -0.472 e. The maximum atomic E-state index is 13.1. The third-order valence-electron chi connectivity index (χ3n) is 1.83. The molecule has 0 aliphatic heterocycles. The Labute approximate surface area is 78.8 Å². The van der Waals surface area contributed by atoms with E-state index < -0.39 is 6.04 Å². The summed E-state index contributed by atoms with van der Waals surface area (Å²) in [5.74, 6) is -0.251. The Balaban J connectivity index is 2.33. The fourth-order valence-corrected chi connectivity index (χ4v) is 1.93. The van der Waals surface area contributed by atoms with Crippen molar-refractivity contribution in [3.63, 3.8) is 0 Å². The Hall–Kier alpha value is -1.13. The van der Waals surface area contributed by atoms with Gasteiger partial charge < -0.3 is 10.2 Å². The Morgan fingerprint density at radius 2 is 2.31 bits per heavy atom. The van der Waals surface area contributed by atoms with E-state index in [0.29, 0.717) is 4.88 Å². The maximum Gasteiger partial charge on any atom is 0.139 e. The maximum absolute atomic E-state index is 13.1.